The van der Waals surface area contributed by atoms with Crippen LogP contribution in [0.3, 0.4) is 0 Å². The van der Waals surface area contributed by atoms with E-state index in [1.54, 1.807) is 0 Å². The van der Waals surface area contributed by atoms with Gasteiger partial charge in [-0.1, -0.05) is 18.2 Å². The second-order valence-electron chi connectivity index (χ2n) is 2.76. The van der Waals surface area contributed by atoms with Gasteiger partial charge < -0.3 is 4.74 Å². The van der Waals surface area contributed by atoms with Crippen molar-refractivity contribution in [3.63, 3.8) is 0 Å². The molecule has 15 heavy (non-hydrogen) atoms. The van der Waals surface area contributed by atoms with E-state index < -0.39 is 0 Å². The van der Waals surface area contributed by atoms with Gasteiger partial charge in [0, 0.05) is 0 Å². The fraction of sp³-hybridized carbons (Fsp3) is 0. The molecule has 1 aliphatic rings. The molecule has 0 radical (unpaired) electrons. The smallest absolute Gasteiger partial charge is 0.236 e. The first-order valence-corrected chi connectivity index (χ1v) is 4.60. The molecule has 0 atom stereocenters. The van der Waals surface area contributed by atoms with Crippen LogP contribution in [0.2, 0.25) is 0 Å². The maximum atomic E-state index is 5.54. The highest BCUT2D eigenvalue weighted by Gasteiger charge is 2.16. The van der Waals surface area contributed by atoms with E-state index in [1.807, 2.05) is 30.3 Å². The average molecular weight is 220 g/mol. The summed E-state index contributed by atoms with van der Waals surface area (Å²) in [5.74, 6) is 6.62. The van der Waals surface area contributed by atoms with Crippen molar-refractivity contribution in [3.05, 3.63) is 42.4 Å². The SMILES string of the molecule is NN1C(=S)N=NC1=COc1ccccc1. The highest BCUT2D eigenvalue weighted by atomic mass is 32.1. The highest BCUT2D eigenvalue weighted by molar-refractivity contribution is 7.80. The predicted molar refractivity (Wildman–Crippen MR) is 58.6 cm³/mol. The summed E-state index contributed by atoms with van der Waals surface area (Å²) in [5.41, 5.74) is 0. The zero-order valence-electron chi connectivity index (χ0n) is 7.70. The van der Waals surface area contributed by atoms with E-state index in [0.29, 0.717) is 11.6 Å². The zero-order chi connectivity index (χ0) is 10.7. The summed E-state index contributed by atoms with van der Waals surface area (Å²) in [4.78, 5) is 0. The Morgan fingerprint density at radius 2 is 2.00 bits per heavy atom. The maximum Gasteiger partial charge on any atom is 0.236 e. The van der Waals surface area contributed by atoms with Crippen LogP contribution in [0.4, 0.5) is 0 Å². The van der Waals surface area contributed by atoms with Crippen LogP contribution in [0.25, 0.3) is 0 Å². The first-order valence-electron chi connectivity index (χ1n) is 4.20. The Labute approximate surface area is 91.8 Å². The summed E-state index contributed by atoms with van der Waals surface area (Å²) in [6, 6.07) is 9.29. The molecule has 0 aromatic heterocycles. The van der Waals surface area contributed by atoms with Crippen molar-refractivity contribution in [2.45, 2.75) is 0 Å². The molecule has 0 spiro atoms. The van der Waals surface area contributed by atoms with E-state index in [4.69, 9.17) is 22.8 Å². The topological polar surface area (TPSA) is 63.2 Å². The van der Waals surface area contributed by atoms with Crippen LogP contribution < -0.4 is 10.6 Å². The summed E-state index contributed by atoms with van der Waals surface area (Å²) in [5, 5.41) is 8.75. The minimum atomic E-state index is 0.220. The largest absolute Gasteiger partial charge is 0.461 e. The molecule has 0 bridgehead atoms. The van der Waals surface area contributed by atoms with Gasteiger partial charge in [0.2, 0.25) is 10.9 Å². The monoisotopic (exact) mass is 220 g/mol. The van der Waals surface area contributed by atoms with Gasteiger partial charge in [-0.05, 0) is 24.4 Å². The normalized spacial score (nSPS) is 17.5. The molecule has 1 aromatic rings. The van der Waals surface area contributed by atoms with Crippen LogP contribution in [0.5, 0.6) is 5.75 Å². The maximum absolute atomic E-state index is 5.54. The molecule has 76 valence electrons. The second-order valence-corrected chi connectivity index (χ2v) is 3.12. The number of ether oxygens (including phenoxy) is 1. The van der Waals surface area contributed by atoms with E-state index in [2.05, 4.69) is 10.2 Å². The van der Waals surface area contributed by atoms with Gasteiger partial charge in [0.25, 0.3) is 0 Å². The van der Waals surface area contributed by atoms with Crippen molar-refractivity contribution in [2.75, 3.05) is 0 Å². The third-order valence-corrected chi connectivity index (χ3v) is 2.01. The van der Waals surface area contributed by atoms with E-state index in [0.717, 1.165) is 0 Å². The Morgan fingerprint density at radius 3 is 2.60 bits per heavy atom. The van der Waals surface area contributed by atoms with Gasteiger partial charge in [-0.15, -0.1) is 10.2 Å². The van der Waals surface area contributed by atoms with Gasteiger partial charge >= 0.3 is 0 Å². The summed E-state index contributed by atoms with van der Waals surface area (Å²) < 4.78 is 5.31. The van der Waals surface area contributed by atoms with Gasteiger partial charge in [0.15, 0.2) is 0 Å². The molecule has 6 heteroatoms. The van der Waals surface area contributed by atoms with Gasteiger partial charge in [0.1, 0.15) is 12.0 Å². The van der Waals surface area contributed by atoms with E-state index >= 15 is 0 Å². The number of nitrogens with zero attached hydrogens (tertiary/aromatic N) is 3. The predicted octanol–water partition coefficient (Wildman–Crippen LogP) is 1.79. The number of hydrazine groups is 1. The lowest BCUT2D eigenvalue weighted by Crippen LogP contribution is -2.29. The van der Waals surface area contributed by atoms with Crippen LogP contribution >= 0.6 is 12.2 Å². The standard InChI is InChI=1S/C9H8N4OS/c10-13-8(11-12-9(13)15)6-14-7-4-2-1-3-5-7/h1-6H,10H2. The Bertz CT molecular complexity index is 429. The summed E-state index contributed by atoms with van der Waals surface area (Å²) in [7, 11) is 0. The number of para-hydroxylation sites is 1. The quantitative estimate of drug-likeness (QED) is 0.469. The number of hydrogen-bond acceptors (Lipinski definition) is 4. The zero-order valence-corrected chi connectivity index (χ0v) is 8.52. The minimum absolute atomic E-state index is 0.220. The Kier molecular flexibility index (Phi) is 2.70. The van der Waals surface area contributed by atoms with Crippen LogP contribution in [-0.4, -0.2) is 10.1 Å². The van der Waals surface area contributed by atoms with Gasteiger partial charge in [-0.2, -0.15) is 0 Å². The molecule has 1 aromatic carbocycles. The molecule has 0 saturated carbocycles. The molecule has 1 heterocycles. The number of thiocarbonyl (C=S) groups is 1. The van der Waals surface area contributed by atoms with E-state index in [9.17, 15) is 0 Å². The third-order valence-electron chi connectivity index (χ3n) is 1.73. The van der Waals surface area contributed by atoms with Crippen molar-refractivity contribution in [3.8, 4) is 5.75 Å². The van der Waals surface area contributed by atoms with Crippen molar-refractivity contribution < 1.29 is 4.74 Å². The van der Waals surface area contributed by atoms with Gasteiger partial charge in [-0.25, -0.2) is 10.9 Å². The average Bonchev–Trinajstić information content (AvgIpc) is 2.59. The fourth-order valence-corrected chi connectivity index (χ4v) is 1.12. The lowest BCUT2D eigenvalue weighted by atomic mass is 10.3. The molecule has 1 aliphatic heterocycles. The van der Waals surface area contributed by atoms with Gasteiger partial charge in [-0.3, -0.25) is 0 Å². The molecule has 0 saturated heterocycles. The first kappa shape index (κ1) is 9.75. The third kappa shape index (κ3) is 2.17. The first-order chi connectivity index (χ1) is 7.27. The summed E-state index contributed by atoms with van der Waals surface area (Å²) >= 11 is 4.79. The second kappa shape index (κ2) is 4.16. The molecule has 0 fully saturated rings. The molecule has 0 amide bonds. The highest BCUT2D eigenvalue weighted by Crippen LogP contribution is 2.15. The van der Waals surface area contributed by atoms with Crippen molar-refractivity contribution in [2.24, 2.45) is 16.1 Å². The summed E-state index contributed by atoms with van der Waals surface area (Å²) in [6.07, 6.45) is 1.40. The molecule has 2 N–H and O–H groups in total. The van der Waals surface area contributed by atoms with Crippen molar-refractivity contribution >= 4 is 17.3 Å². The lowest BCUT2D eigenvalue weighted by molar-refractivity contribution is 0.445. The number of hydrogen-bond donors (Lipinski definition) is 1. The molecule has 0 aliphatic carbocycles. The summed E-state index contributed by atoms with van der Waals surface area (Å²) in [6.45, 7) is 0. The number of azo groups is 1. The molecule has 0 unspecified atom stereocenters. The minimum Gasteiger partial charge on any atom is -0.461 e. The lowest BCUT2D eigenvalue weighted by Gasteiger charge is -2.07. The Balaban J connectivity index is 2.07. The molecule has 5 nitrogen and oxygen atoms in total. The van der Waals surface area contributed by atoms with Crippen LogP contribution in [0.15, 0.2) is 52.6 Å². The van der Waals surface area contributed by atoms with E-state index in [1.165, 1.54) is 11.3 Å². The number of rotatable bonds is 2. The molecular weight excluding hydrogens is 212 g/mol. The fourth-order valence-electron chi connectivity index (χ4n) is 0.989. The van der Waals surface area contributed by atoms with Crippen LogP contribution in [0.1, 0.15) is 0 Å². The van der Waals surface area contributed by atoms with Crippen LogP contribution in [-0.2, 0) is 0 Å². The number of benzene rings is 1. The van der Waals surface area contributed by atoms with Gasteiger partial charge in [0.05, 0.1) is 0 Å². The Hall–Kier alpha value is -1.79. The van der Waals surface area contributed by atoms with Crippen LogP contribution in [0, 0.1) is 0 Å². The Morgan fingerprint density at radius 1 is 1.27 bits per heavy atom. The van der Waals surface area contributed by atoms with Crippen molar-refractivity contribution in [1.82, 2.24) is 5.01 Å². The molecular formula is C9H8N4OS. The number of nitrogens with two attached hydrogens (primary N) is 1. The van der Waals surface area contributed by atoms with E-state index in [-0.39, 0.29) is 5.11 Å². The van der Waals surface area contributed by atoms with Crippen molar-refractivity contribution in [1.29, 1.82) is 0 Å². The molecule has 2 rings (SSSR count).